The number of nitrogens with zero attached hydrogens (tertiary/aromatic N) is 4. The molecule has 2 aromatic heterocycles. The third-order valence-corrected chi connectivity index (χ3v) is 4.91. The third kappa shape index (κ3) is 4.98. The molecule has 0 atom stereocenters. The van der Waals surface area contributed by atoms with Crippen molar-refractivity contribution in [2.75, 3.05) is 23.0 Å². The van der Waals surface area contributed by atoms with Gasteiger partial charge in [-0.15, -0.1) is 0 Å². The molecule has 0 radical (unpaired) electrons. The van der Waals surface area contributed by atoms with Crippen molar-refractivity contribution in [3.63, 3.8) is 0 Å². The van der Waals surface area contributed by atoms with E-state index >= 15 is 0 Å². The number of pyridine rings is 1. The number of rotatable bonds is 9. The summed E-state index contributed by atoms with van der Waals surface area (Å²) in [7, 11) is 0. The molecule has 7 heteroatoms. The lowest BCUT2D eigenvalue weighted by molar-refractivity contribution is -0.118. The smallest absolute Gasteiger partial charge is 0.227 e. The van der Waals surface area contributed by atoms with Crippen molar-refractivity contribution in [2.45, 2.75) is 33.1 Å². The van der Waals surface area contributed by atoms with Crippen molar-refractivity contribution in [2.24, 2.45) is 0 Å². The van der Waals surface area contributed by atoms with Crippen molar-refractivity contribution >= 4 is 35.0 Å². The van der Waals surface area contributed by atoms with Crippen LogP contribution in [0, 0.1) is 0 Å². The summed E-state index contributed by atoms with van der Waals surface area (Å²) < 4.78 is 1.65. The number of carbonyl (C=O) groups is 1. The van der Waals surface area contributed by atoms with Gasteiger partial charge in [0.05, 0.1) is 18.1 Å². The van der Waals surface area contributed by atoms with Crippen LogP contribution in [0.5, 0.6) is 0 Å². The SMILES string of the molecule is CCCCSCCC(=O)N(CC)c1cn(-c2cccnc2)nc1Cl. The number of amides is 1. The Labute approximate surface area is 152 Å². The van der Waals surface area contributed by atoms with Gasteiger partial charge in [0.2, 0.25) is 5.91 Å². The summed E-state index contributed by atoms with van der Waals surface area (Å²) >= 11 is 8.09. The highest BCUT2D eigenvalue weighted by atomic mass is 35.5. The largest absolute Gasteiger partial charge is 0.308 e. The Hall–Kier alpha value is -1.53. The first kappa shape index (κ1) is 18.8. The predicted octanol–water partition coefficient (Wildman–Crippen LogP) is 4.20. The molecule has 0 bridgehead atoms. The van der Waals surface area contributed by atoms with Crippen molar-refractivity contribution in [1.82, 2.24) is 14.8 Å². The summed E-state index contributed by atoms with van der Waals surface area (Å²) in [6.07, 6.45) is 8.08. The molecule has 0 N–H and O–H groups in total. The fraction of sp³-hybridized carbons (Fsp3) is 0.471. The monoisotopic (exact) mass is 366 g/mol. The Bertz CT molecular complexity index is 647. The molecule has 0 aromatic carbocycles. The number of halogens is 1. The summed E-state index contributed by atoms with van der Waals surface area (Å²) in [5.41, 5.74) is 1.45. The lowest BCUT2D eigenvalue weighted by Crippen LogP contribution is -2.30. The summed E-state index contributed by atoms with van der Waals surface area (Å²) in [4.78, 5) is 18.3. The van der Waals surface area contributed by atoms with Gasteiger partial charge in [-0.25, -0.2) is 4.68 Å². The van der Waals surface area contributed by atoms with Gasteiger partial charge >= 0.3 is 0 Å². The molecule has 0 saturated carbocycles. The Kier molecular flexibility index (Phi) is 7.59. The second-order valence-electron chi connectivity index (χ2n) is 5.31. The van der Waals surface area contributed by atoms with Gasteiger partial charge in [-0.3, -0.25) is 9.78 Å². The molecule has 2 aromatic rings. The van der Waals surface area contributed by atoms with E-state index in [1.807, 2.05) is 30.8 Å². The number of aromatic nitrogens is 3. The number of thioether (sulfide) groups is 1. The van der Waals surface area contributed by atoms with Gasteiger partial charge in [-0.05, 0) is 31.2 Å². The normalized spacial score (nSPS) is 10.8. The molecular weight excluding hydrogens is 344 g/mol. The van der Waals surface area contributed by atoms with E-state index in [-0.39, 0.29) is 5.91 Å². The van der Waals surface area contributed by atoms with Crippen molar-refractivity contribution < 1.29 is 4.79 Å². The molecule has 2 heterocycles. The summed E-state index contributed by atoms with van der Waals surface area (Å²) in [5, 5.41) is 4.62. The van der Waals surface area contributed by atoms with E-state index in [0.717, 1.165) is 17.2 Å². The zero-order valence-corrected chi connectivity index (χ0v) is 15.7. The maximum Gasteiger partial charge on any atom is 0.227 e. The maximum absolute atomic E-state index is 12.5. The van der Waals surface area contributed by atoms with Gasteiger partial charge in [0.25, 0.3) is 0 Å². The van der Waals surface area contributed by atoms with Crippen LogP contribution in [-0.2, 0) is 4.79 Å². The average molecular weight is 367 g/mol. The zero-order chi connectivity index (χ0) is 17.4. The molecule has 5 nitrogen and oxygen atoms in total. The lowest BCUT2D eigenvalue weighted by Gasteiger charge is -2.19. The van der Waals surface area contributed by atoms with Crippen molar-refractivity contribution in [1.29, 1.82) is 0 Å². The van der Waals surface area contributed by atoms with Crippen LogP contribution in [0.15, 0.2) is 30.7 Å². The van der Waals surface area contributed by atoms with Gasteiger partial charge in [-0.1, -0.05) is 24.9 Å². The minimum atomic E-state index is 0.0779. The molecule has 0 aliphatic heterocycles. The van der Waals surface area contributed by atoms with Crippen LogP contribution in [0.4, 0.5) is 5.69 Å². The highest BCUT2D eigenvalue weighted by molar-refractivity contribution is 7.99. The number of anilines is 1. The molecule has 130 valence electrons. The number of hydrogen-bond donors (Lipinski definition) is 0. The molecule has 24 heavy (non-hydrogen) atoms. The minimum Gasteiger partial charge on any atom is -0.308 e. The van der Waals surface area contributed by atoms with E-state index in [4.69, 9.17) is 11.6 Å². The molecule has 0 spiro atoms. The summed E-state index contributed by atoms with van der Waals surface area (Å²) in [6, 6.07) is 3.73. The van der Waals surface area contributed by atoms with E-state index in [0.29, 0.717) is 23.8 Å². The van der Waals surface area contributed by atoms with Crippen LogP contribution in [0.1, 0.15) is 33.1 Å². The van der Waals surface area contributed by atoms with Crippen LogP contribution in [0.25, 0.3) is 5.69 Å². The molecule has 0 aliphatic rings. The Balaban J connectivity index is 2.04. The standard InChI is InChI=1S/C17H23ClN4OS/c1-3-5-10-24-11-8-16(23)21(4-2)15-13-22(20-17(15)18)14-7-6-9-19-12-14/h6-7,9,12-13H,3-5,8,10-11H2,1-2H3. The Morgan fingerprint density at radius 3 is 2.88 bits per heavy atom. The second-order valence-corrected chi connectivity index (χ2v) is 6.90. The third-order valence-electron chi connectivity index (χ3n) is 3.57. The topological polar surface area (TPSA) is 51.0 Å². The van der Waals surface area contributed by atoms with Crippen LogP contribution in [-0.4, -0.2) is 38.7 Å². The number of carbonyl (C=O) groups excluding carboxylic acids is 1. The summed E-state index contributed by atoms with van der Waals surface area (Å²) in [5.74, 6) is 2.02. The van der Waals surface area contributed by atoms with Gasteiger partial charge in [0, 0.05) is 24.9 Å². The fourth-order valence-corrected chi connectivity index (χ4v) is 3.52. The molecule has 0 unspecified atom stereocenters. The highest BCUT2D eigenvalue weighted by Gasteiger charge is 2.19. The molecular formula is C17H23ClN4OS. The van der Waals surface area contributed by atoms with Gasteiger partial charge in [0.15, 0.2) is 5.15 Å². The Morgan fingerprint density at radius 1 is 1.38 bits per heavy atom. The van der Waals surface area contributed by atoms with Gasteiger partial charge < -0.3 is 4.90 Å². The van der Waals surface area contributed by atoms with Crippen LogP contribution >= 0.6 is 23.4 Å². The molecule has 0 saturated heterocycles. The van der Waals surface area contributed by atoms with Crippen molar-refractivity contribution in [3.05, 3.63) is 35.9 Å². The number of unbranched alkanes of at least 4 members (excludes halogenated alkanes) is 1. The van der Waals surface area contributed by atoms with Gasteiger partial charge in [0.1, 0.15) is 5.69 Å². The zero-order valence-electron chi connectivity index (χ0n) is 14.1. The van der Waals surface area contributed by atoms with Crippen LogP contribution < -0.4 is 4.90 Å². The van der Waals surface area contributed by atoms with E-state index in [1.165, 1.54) is 12.8 Å². The lowest BCUT2D eigenvalue weighted by atomic mass is 10.3. The molecule has 2 rings (SSSR count). The first-order valence-corrected chi connectivity index (χ1v) is 9.74. The van der Waals surface area contributed by atoms with E-state index < -0.39 is 0 Å². The first-order chi connectivity index (χ1) is 11.7. The van der Waals surface area contributed by atoms with Gasteiger partial charge in [-0.2, -0.15) is 16.9 Å². The first-order valence-electron chi connectivity index (χ1n) is 8.21. The molecule has 1 amide bonds. The number of hydrogen-bond acceptors (Lipinski definition) is 4. The molecule has 0 aliphatic carbocycles. The second kappa shape index (κ2) is 9.69. The highest BCUT2D eigenvalue weighted by Crippen LogP contribution is 2.26. The Morgan fingerprint density at radius 2 is 2.21 bits per heavy atom. The average Bonchev–Trinajstić information content (AvgIpc) is 2.98. The van der Waals surface area contributed by atoms with E-state index in [1.54, 1.807) is 28.2 Å². The molecule has 0 fully saturated rings. The van der Waals surface area contributed by atoms with E-state index in [9.17, 15) is 4.79 Å². The fourth-order valence-electron chi connectivity index (χ4n) is 2.27. The maximum atomic E-state index is 12.5. The van der Waals surface area contributed by atoms with Crippen LogP contribution in [0.3, 0.4) is 0 Å². The minimum absolute atomic E-state index is 0.0779. The summed E-state index contributed by atoms with van der Waals surface area (Å²) in [6.45, 7) is 4.68. The van der Waals surface area contributed by atoms with Crippen molar-refractivity contribution in [3.8, 4) is 5.69 Å². The van der Waals surface area contributed by atoms with Crippen LogP contribution in [0.2, 0.25) is 5.15 Å². The van der Waals surface area contributed by atoms with E-state index in [2.05, 4.69) is 17.0 Å². The predicted molar refractivity (Wildman–Crippen MR) is 101 cm³/mol. The quantitative estimate of drug-likeness (QED) is 0.624.